The van der Waals surface area contributed by atoms with E-state index in [1.165, 1.54) is 12.4 Å². The van der Waals surface area contributed by atoms with Gasteiger partial charge in [0.25, 0.3) is 5.56 Å². The van der Waals surface area contributed by atoms with Crippen molar-refractivity contribution in [2.45, 2.75) is 57.5 Å². The average molecular weight is 438 g/mol. The average Bonchev–Trinajstić information content (AvgIpc) is 3.31. The zero-order chi connectivity index (χ0) is 22.4. The molecule has 0 amide bonds. The molecule has 4 unspecified atom stereocenters. The first-order chi connectivity index (χ1) is 15.3. The van der Waals surface area contributed by atoms with Gasteiger partial charge >= 0.3 is 0 Å². The molecule has 2 fully saturated rings. The highest BCUT2D eigenvalue weighted by Crippen LogP contribution is 2.62. The molecule has 5 atom stereocenters. The molecule has 2 aromatic heterocycles. The number of aliphatic hydroxyl groups is 1. The molecule has 0 radical (unpaired) electrons. The van der Waals surface area contributed by atoms with Gasteiger partial charge in [-0.2, -0.15) is 4.98 Å². The van der Waals surface area contributed by atoms with Crippen molar-refractivity contribution in [3.63, 3.8) is 0 Å². The van der Waals surface area contributed by atoms with Crippen LogP contribution in [0.2, 0.25) is 0 Å². The zero-order valence-corrected chi connectivity index (χ0v) is 17.9. The minimum atomic E-state index is -0.409. The predicted molar refractivity (Wildman–Crippen MR) is 118 cm³/mol. The van der Waals surface area contributed by atoms with Gasteiger partial charge in [-0.15, -0.1) is 0 Å². The van der Waals surface area contributed by atoms with Crippen LogP contribution in [-0.4, -0.2) is 40.9 Å². The Bertz CT molecular complexity index is 1310. The van der Waals surface area contributed by atoms with E-state index in [-0.39, 0.29) is 46.0 Å². The lowest BCUT2D eigenvalue weighted by Crippen LogP contribution is -2.44. The number of nitrogens with one attached hydrogen (secondary N) is 1. The first-order valence-corrected chi connectivity index (χ1v) is 11.3. The quantitative estimate of drug-likeness (QED) is 0.367. The van der Waals surface area contributed by atoms with Gasteiger partial charge in [0.05, 0.1) is 11.8 Å². The highest BCUT2D eigenvalue weighted by molar-refractivity contribution is 5.75. The molecular weight excluding hydrogens is 410 g/mol. The van der Waals surface area contributed by atoms with E-state index in [0.717, 1.165) is 43.2 Å². The second-order valence-corrected chi connectivity index (χ2v) is 9.95. The van der Waals surface area contributed by atoms with Crippen LogP contribution < -0.4 is 11.3 Å². The topological polar surface area (TPSA) is 150 Å². The first-order valence-electron chi connectivity index (χ1n) is 11.3. The Morgan fingerprint density at radius 2 is 2.06 bits per heavy atom. The minimum absolute atomic E-state index is 0.00486. The summed E-state index contributed by atoms with van der Waals surface area (Å²) in [6, 6.07) is 1.52. The second-order valence-electron chi connectivity index (χ2n) is 9.95. The number of phenols is 2. The van der Waals surface area contributed by atoms with E-state index in [1.807, 2.05) is 0 Å². The van der Waals surface area contributed by atoms with E-state index in [1.54, 1.807) is 4.57 Å². The van der Waals surface area contributed by atoms with Crippen LogP contribution in [-0.2, 0) is 6.42 Å². The smallest absolute Gasteiger partial charge is 0.278 e. The molecule has 168 valence electrons. The van der Waals surface area contributed by atoms with Gasteiger partial charge in [0.1, 0.15) is 6.33 Å². The molecule has 3 aliphatic carbocycles. The van der Waals surface area contributed by atoms with Crippen molar-refractivity contribution in [3.8, 4) is 17.2 Å². The Morgan fingerprint density at radius 3 is 2.88 bits per heavy atom. The molecule has 2 heterocycles. The molecule has 9 nitrogen and oxygen atoms in total. The number of hydrogen-bond donors (Lipinski definition) is 5. The summed E-state index contributed by atoms with van der Waals surface area (Å²) in [4.78, 5) is 23.6. The summed E-state index contributed by atoms with van der Waals surface area (Å²) in [6.07, 6.45) is 6.43. The lowest BCUT2D eigenvalue weighted by atomic mass is 9.55. The number of aromatic amines is 1. The van der Waals surface area contributed by atoms with Crippen LogP contribution >= 0.6 is 0 Å². The number of imidazole rings is 1. The first kappa shape index (κ1) is 19.6. The van der Waals surface area contributed by atoms with Gasteiger partial charge in [0.2, 0.25) is 5.95 Å². The van der Waals surface area contributed by atoms with Gasteiger partial charge in [-0.3, -0.25) is 14.3 Å². The number of fused-ring (bicyclic) bond motifs is 6. The van der Waals surface area contributed by atoms with Crippen LogP contribution in [0.25, 0.3) is 16.9 Å². The summed E-state index contributed by atoms with van der Waals surface area (Å²) < 4.78 is 1.65. The van der Waals surface area contributed by atoms with E-state index >= 15 is 0 Å². The third-order valence-corrected chi connectivity index (χ3v) is 8.58. The fourth-order valence-corrected chi connectivity index (χ4v) is 7.04. The Balaban J connectivity index is 1.57. The van der Waals surface area contributed by atoms with Crippen LogP contribution in [0.3, 0.4) is 0 Å². The number of aromatic nitrogens is 4. The van der Waals surface area contributed by atoms with Gasteiger partial charge in [0.15, 0.2) is 22.7 Å². The number of anilines is 1. The van der Waals surface area contributed by atoms with Crippen LogP contribution in [0.15, 0.2) is 17.2 Å². The van der Waals surface area contributed by atoms with E-state index < -0.39 is 5.56 Å². The Hall–Kier alpha value is -3.07. The highest BCUT2D eigenvalue weighted by Gasteiger charge is 2.55. The van der Waals surface area contributed by atoms with Gasteiger partial charge in [-0.25, -0.2) is 4.98 Å². The SMILES string of the molecule is C[C@]12CCC3c4c(-n5cnc6nc(N)[nH]c(=O)c65)cc(O)c(O)c4CCC3C1CCC2O. The number of aromatic hydroxyl groups is 2. The number of nitrogen functional groups attached to an aromatic ring is 1. The van der Waals surface area contributed by atoms with E-state index in [9.17, 15) is 20.1 Å². The normalized spacial score (nSPS) is 31.3. The van der Waals surface area contributed by atoms with E-state index in [0.29, 0.717) is 23.9 Å². The molecule has 1 aromatic carbocycles. The summed E-state index contributed by atoms with van der Waals surface area (Å²) in [6.45, 7) is 2.22. The molecule has 0 bridgehead atoms. The molecule has 0 saturated heterocycles. The van der Waals surface area contributed by atoms with Crippen molar-refractivity contribution in [3.05, 3.63) is 33.9 Å². The van der Waals surface area contributed by atoms with Crippen molar-refractivity contribution in [2.75, 3.05) is 5.73 Å². The minimum Gasteiger partial charge on any atom is -0.504 e. The summed E-state index contributed by atoms with van der Waals surface area (Å²) in [5, 5.41) is 31.9. The monoisotopic (exact) mass is 437 g/mol. The third kappa shape index (κ3) is 2.45. The molecule has 6 rings (SSSR count). The maximum Gasteiger partial charge on any atom is 0.278 e. The lowest BCUT2D eigenvalue weighted by Gasteiger charge is -2.50. The van der Waals surface area contributed by atoms with Crippen molar-refractivity contribution < 1.29 is 15.3 Å². The molecule has 9 heteroatoms. The Morgan fingerprint density at radius 1 is 1.25 bits per heavy atom. The number of nitrogens with two attached hydrogens (primary N) is 1. The number of rotatable bonds is 1. The molecule has 0 spiro atoms. The zero-order valence-electron chi connectivity index (χ0n) is 17.9. The fraction of sp³-hybridized carbons (Fsp3) is 0.522. The van der Waals surface area contributed by atoms with Crippen molar-refractivity contribution in [2.24, 2.45) is 17.3 Å². The van der Waals surface area contributed by atoms with Crippen molar-refractivity contribution in [1.29, 1.82) is 0 Å². The van der Waals surface area contributed by atoms with Crippen LogP contribution in [0, 0.1) is 17.3 Å². The third-order valence-electron chi connectivity index (χ3n) is 8.58. The number of hydrogen-bond acceptors (Lipinski definition) is 7. The highest BCUT2D eigenvalue weighted by atomic mass is 16.3. The number of benzene rings is 1. The van der Waals surface area contributed by atoms with Crippen LogP contribution in [0.4, 0.5) is 5.95 Å². The van der Waals surface area contributed by atoms with Crippen molar-refractivity contribution in [1.82, 2.24) is 19.5 Å². The van der Waals surface area contributed by atoms with Gasteiger partial charge in [-0.1, -0.05) is 6.92 Å². The fourth-order valence-electron chi connectivity index (χ4n) is 7.04. The Kier molecular flexibility index (Phi) is 3.97. The number of phenolic OH excluding ortho intramolecular Hbond substituents is 2. The van der Waals surface area contributed by atoms with Crippen molar-refractivity contribution >= 4 is 17.1 Å². The molecule has 2 saturated carbocycles. The van der Waals surface area contributed by atoms with E-state index in [4.69, 9.17) is 5.73 Å². The second kappa shape index (κ2) is 6.48. The predicted octanol–water partition coefficient (Wildman–Crippen LogP) is 2.32. The maximum absolute atomic E-state index is 12.7. The molecule has 3 aromatic rings. The molecule has 0 aliphatic heterocycles. The summed E-state index contributed by atoms with van der Waals surface area (Å²) in [5.41, 5.74) is 8.04. The van der Waals surface area contributed by atoms with Gasteiger partial charge in [-0.05, 0) is 67.3 Å². The van der Waals surface area contributed by atoms with Gasteiger partial charge in [0, 0.05) is 11.6 Å². The molecule has 6 N–H and O–H groups in total. The molecule has 32 heavy (non-hydrogen) atoms. The number of H-pyrrole nitrogens is 1. The maximum atomic E-state index is 12.7. The van der Waals surface area contributed by atoms with Gasteiger partial charge < -0.3 is 21.1 Å². The Labute approximate surface area is 183 Å². The molecular formula is C23H27N5O4. The summed E-state index contributed by atoms with van der Waals surface area (Å²) >= 11 is 0. The molecule has 3 aliphatic rings. The number of nitrogens with zero attached hydrogens (tertiary/aromatic N) is 3. The summed E-state index contributed by atoms with van der Waals surface area (Å²) in [5.74, 6) is 0.663. The van der Waals surface area contributed by atoms with Crippen LogP contribution in [0.5, 0.6) is 11.5 Å². The summed E-state index contributed by atoms with van der Waals surface area (Å²) in [7, 11) is 0. The largest absolute Gasteiger partial charge is 0.504 e. The van der Waals surface area contributed by atoms with E-state index in [2.05, 4.69) is 21.9 Å². The number of aliphatic hydroxyl groups excluding tert-OH is 1. The van der Waals surface area contributed by atoms with Crippen LogP contribution in [0.1, 0.15) is 56.1 Å². The lowest BCUT2D eigenvalue weighted by molar-refractivity contribution is -0.0227. The standard InChI is InChI=1S/C23H27N5O4/c1-23-7-6-11-10(13(23)4-5-16(23)30)2-3-12-17(11)14(8-15(29)19(12)31)28-9-25-20-18(28)21(32)27-22(24)26-20/h8-11,13,16,29-31H,2-7H2,1H3,(H3,24,26,27,32)/t10?,11?,13?,16?,23-/m0/s1.